The summed E-state index contributed by atoms with van der Waals surface area (Å²) in [6.45, 7) is 3.60. The molecule has 0 unspecified atom stereocenters. The molecule has 130 valence electrons. The minimum Gasteiger partial charge on any atom is -0.289 e. The number of carbonyl (C=O) groups is 2. The maximum Gasteiger partial charge on any atom is 0.253 e. The molecule has 0 bridgehead atoms. The van der Waals surface area contributed by atoms with Gasteiger partial charge in [-0.25, -0.2) is 29.1 Å². The minimum absolute atomic E-state index is 0.0131. The Morgan fingerprint density at radius 3 is 2.40 bits per heavy atom. The highest BCUT2D eigenvalue weighted by atomic mass is 19.2. The van der Waals surface area contributed by atoms with Gasteiger partial charge in [0.25, 0.3) is 5.91 Å². The molecule has 1 aromatic carbocycles. The summed E-state index contributed by atoms with van der Waals surface area (Å²) in [5.74, 6) is -3.00. The number of halogens is 2. The van der Waals surface area contributed by atoms with Crippen molar-refractivity contribution in [2.24, 2.45) is 0 Å². The zero-order chi connectivity index (χ0) is 18.1. The smallest absolute Gasteiger partial charge is 0.253 e. The molecule has 1 aromatic heterocycles. The molecule has 1 saturated heterocycles. The second-order valence-corrected chi connectivity index (χ2v) is 5.67. The summed E-state index contributed by atoms with van der Waals surface area (Å²) in [5, 5.41) is 0. The molecule has 25 heavy (non-hydrogen) atoms. The Bertz CT molecular complexity index is 838. The van der Waals surface area contributed by atoms with Gasteiger partial charge in [0.05, 0.1) is 12.1 Å². The van der Waals surface area contributed by atoms with E-state index in [-0.39, 0.29) is 18.1 Å². The molecule has 3 rings (SSSR count). The topological polar surface area (TPSA) is 87.2 Å². The van der Waals surface area contributed by atoms with Gasteiger partial charge in [-0.05, 0) is 32.0 Å². The van der Waals surface area contributed by atoms with Crippen molar-refractivity contribution in [2.45, 2.75) is 26.3 Å². The number of amides is 2. The number of nitrogens with one attached hydrogen (secondary N) is 2. The van der Waals surface area contributed by atoms with E-state index in [1.54, 1.807) is 19.9 Å². The van der Waals surface area contributed by atoms with Gasteiger partial charge in [0, 0.05) is 17.5 Å². The Labute approximate surface area is 142 Å². The molecule has 9 heteroatoms. The fourth-order valence-electron chi connectivity index (χ4n) is 2.57. The van der Waals surface area contributed by atoms with E-state index < -0.39 is 29.5 Å². The van der Waals surface area contributed by atoms with Gasteiger partial charge in [-0.1, -0.05) is 0 Å². The number of nitrogens with zero attached hydrogens (tertiary/aromatic N) is 3. The Morgan fingerprint density at radius 1 is 1.08 bits per heavy atom. The van der Waals surface area contributed by atoms with E-state index in [0.717, 1.165) is 28.4 Å². The van der Waals surface area contributed by atoms with Crippen LogP contribution in [0.3, 0.4) is 0 Å². The normalized spacial score (nSPS) is 17.3. The van der Waals surface area contributed by atoms with Crippen LogP contribution < -0.4 is 15.8 Å². The van der Waals surface area contributed by atoms with Gasteiger partial charge < -0.3 is 0 Å². The van der Waals surface area contributed by atoms with E-state index in [0.29, 0.717) is 0 Å². The fraction of sp³-hybridized carbons (Fsp3) is 0.250. The third kappa shape index (κ3) is 3.45. The molecule has 1 atom stereocenters. The first kappa shape index (κ1) is 16.9. The number of imide groups is 1. The number of rotatable bonds is 4. The SMILES string of the molecule is Cc1cc(C)nc(NN[C@H]2CC(=O)N(c3ccc(F)c(F)c3)C2=O)n1. The molecule has 7 nitrogen and oxygen atoms in total. The quantitative estimate of drug-likeness (QED) is 0.646. The van der Waals surface area contributed by atoms with Gasteiger partial charge in [-0.2, -0.15) is 0 Å². The predicted octanol–water partition coefficient (Wildman–Crippen LogP) is 1.62. The first-order chi connectivity index (χ1) is 11.8. The lowest BCUT2D eigenvalue weighted by molar-refractivity contribution is -0.121. The number of aromatic nitrogens is 2. The number of hydrazine groups is 1. The van der Waals surface area contributed by atoms with Crippen molar-refractivity contribution in [3.63, 3.8) is 0 Å². The molecule has 2 heterocycles. The van der Waals surface area contributed by atoms with Crippen LogP contribution in [0, 0.1) is 25.5 Å². The van der Waals surface area contributed by atoms with Crippen molar-refractivity contribution < 1.29 is 18.4 Å². The summed E-state index contributed by atoms with van der Waals surface area (Å²) in [4.78, 5) is 33.6. The average molecular weight is 347 g/mol. The number of hydrogen-bond acceptors (Lipinski definition) is 6. The van der Waals surface area contributed by atoms with E-state index in [4.69, 9.17) is 0 Å². The molecule has 1 aliphatic heterocycles. The van der Waals surface area contributed by atoms with Crippen LogP contribution >= 0.6 is 0 Å². The van der Waals surface area contributed by atoms with Crippen LogP contribution in [-0.2, 0) is 9.59 Å². The molecule has 0 radical (unpaired) electrons. The first-order valence-electron chi connectivity index (χ1n) is 7.51. The Kier molecular flexibility index (Phi) is 4.41. The zero-order valence-electron chi connectivity index (χ0n) is 13.5. The van der Waals surface area contributed by atoms with Crippen molar-refractivity contribution in [1.82, 2.24) is 15.4 Å². The number of benzene rings is 1. The molecule has 2 aromatic rings. The van der Waals surface area contributed by atoms with Crippen LogP contribution in [0.15, 0.2) is 24.3 Å². The molecule has 1 aliphatic rings. The van der Waals surface area contributed by atoms with Crippen molar-refractivity contribution in [2.75, 3.05) is 10.3 Å². The van der Waals surface area contributed by atoms with Crippen LogP contribution in [0.4, 0.5) is 20.4 Å². The molecule has 0 spiro atoms. The highest BCUT2D eigenvalue weighted by Crippen LogP contribution is 2.24. The van der Waals surface area contributed by atoms with E-state index in [1.807, 2.05) is 0 Å². The first-order valence-corrected chi connectivity index (χ1v) is 7.51. The van der Waals surface area contributed by atoms with Gasteiger partial charge in [0.15, 0.2) is 11.6 Å². The van der Waals surface area contributed by atoms with Crippen LogP contribution in [0.25, 0.3) is 0 Å². The molecule has 2 N–H and O–H groups in total. The van der Waals surface area contributed by atoms with Crippen molar-refractivity contribution >= 4 is 23.5 Å². The molecule has 0 saturated carbocycles. The molecular formula is C16H15F2N5O2. The largest absolute Gasteiger partial charge is 0.289 e. The van der Waals surface area contributed by atoms with Crippen LogP contribution in [-0.4, -0.2) is 27.8 Å². The van der Waals surface area contributed by atoms with Crippen LogP contribution in [0.1, 0.15) is 17.8 Å². The minimum atomic E-state index is -1.13. The standard InChI is InChI=1S/C16H15F2N5O2/c1-8-5-9(2)20-16(19-8)22-21-13-7-14(24)23(15(13)25)10-3-4-11(17)12(18)6-10/h3-6,13,21H,7H2,1-2H3,(H,19,20,22)/t13-/m0/s1. The van der Waals surface area contributed by atoms with Gasteiger partial charge in [-0.15, -0.1) is 0 Å². The Morgan fingerprint density at radius 2 is 1.76 bits per heavy atom. The van der Waals surface area contributed by atoms with E-state index >= 15 is 0 Å². The maximum absolute atomic E-state index is 13.4. The summed E-state index contributed by atoms with van der Waals surface area (Å²) in [6, 6.07) is 3.78. The van der Waals surface area contributed by atoms with E-state index in [9.17, 15) is 18.4 Å². The summed E-state index contributed by atoms with van der Waals surface area (Å²) in [7, 11) is 0. The highest BCUT2D eigenvalue weighted by Gasteiger charge is 2.39. The monoisotopic (exact) mass is 347 g/mol. The Hall–Kier alpha value is -2.94. The average Bonchev–Trinajstić information content (AvgIpc) is 2.81. The molecule has 0 aliphatic carbocycles. The van der Waals surface area contributed by atoms with Crippen molar-refractivity contribution in [1.29, 1.82) is 0 Å². The van der Waals surface area contributed by atoms with Crippen molar-refractivity contribution in [3.8, 4) is 0 Å². The second kappa shape index (κ2) is 6.52. The van der Waals surface area contributed by atoms with Gasteiger partial charge in [-0.3, -0.25) is 15.0 Å². The van der Waals surface area contributed by atoms with E-state index in [1.165, 1.54) is 6.07 Å². The summed E-state index contributed by atoms with van der Waals surface area (Å²) in [5.41, 5.74) is 6.88. The van der Waals surface area contributed by atoms with Crippen LogP contribution in [0.5, 0.6) is 0 Å². The summed E-state index contributed by atoms with van der Waals surface area (Å²) >= 11 is 0. The Balaban J connectivity index is 1.73. The van der Waals surface area contributed by atoms with Crippen LogP contribution in [0.2, 0.25) is 0 Å². The molecular weight excluding hydrogens is 332 g/mol. The summed E-state index contributed by atoms with van der Waals surface area (Å²) in [6.07, 6.45) is -0.129. The van der Waals surface area contributed by atoms with Gasteiger partial charge in [0.2, 0.25) is 11.9 Å². The molecule has 1 fully saturated rings. The maximum atomic E-state index is 13.4. The highest BCUT2D eigenvalue weighted by molar-refractivity contribution is 6.22. The van der Waals surface area contributed by atoms with Crippen molar-refractivity contribution in [3.05, 3.63) is 47.3 Å². The fourth-order valence-corrected chi connectivity index (χ4v) is 2.57. The zero-order valence-corrected chi connectivity index (χ0v) is 13.5. The summed E-state index contributed by atoms with van der Waals surface area (Å²) < 4.78 is 26.4. The number of carbonyl (C=O) groups excluding carboxylic acids is 2. The van der Waals surface area contributed by atoms with Gasteiger partial charge in [0.1, 0.15) is 6.04 Å². The third-order valence-corrected chi connectivity index (χ3v) is 3.65. The second-order valence-electron chi connectivity index (χ2n) is 5.67. The number of anilines is 2. The number of aryl methyl sites for hydroxylation is 2. The number of hydrogen-bond donors (Lipinski definition) is 2. The lowest BCUT2D eigenvalue weighted by Crippen LogP contribution is -2.42. The molecule has 2 amide bonds. The van der Waals surface area contributed by atoms with E-state index in [2.05, 4.69) is 20.8 Å². The lowest BCUT2D eigenvalue weighted by Gasteiger charge is -2.16. The predicted molar refractivity (Wildman–Crippen MR) is 85.5 cm³/mol. The third-order valence-electron chi connectivity index (χ3n) is 3.65. The van der Waals surface area contributed by atoms with Gasteiger partial charge >= 0.3 is 0 Å². The lowest BCUT2D eigenvalue weighted by atomic mass is 10.2.